The van der Waals surface area contributed by atoms with Crippen molar-refractivity contribution in [1.29, 1.82) is 0 Å². The fraction of sp³-hybridized carbons (Fsp3) is 0.211. The molecular weight excluding hydrogens is 340 g/mol. The molecule has 1 aliphatic rings. The molecule has 0 unspecified atom stereocenters. The number of rotatable bonds is 3. The molecule has 26 heavy (non-hydrogen) atoms. The molecule has 3 aromatic rings. The predicted molar refractivity (Wildman–Crippen MR) is 93.6 cm³/mol. The van der Waals surface area contributed by atoms with Gasteiger partial charge in [-0.15, -0.1) is 0 Å². The Kier molecular flexibility index (Phi) is 3.64. The monoisotopic (exact) mass is 356 g/mol. The van der Waals surface area contributed by atoms with Gasteiger partial charge in [0.25, 0.3) is 0 Å². The van der Waals surface area contributed by atoms with Gasteiger partial charge in [0.1, 0.15) is 40.4 Å². The second-order valence-electron chi connectivity index (χ2n) is 5.77. The smallest absolute Gasteiger partial charge is 0.348 e. The average molecular weight is 356 g/mol. The van der Waals surface area contributed by atoms with Crippen LogP contribution in [0.25, 0.3) is 22.1 Å². The summed E-state index contributed by atoms with van der Waals surface area (Å²) >= 11 is 0. The minimum Gasteiger partial charge on any atom is -0.504 e. The van der Waals surface area contributed by atoms with Crippen LogP contribution in [0.3, 0.4) is 0 Å². The molecule has 1 aromatic heterocycles. The average Bonchev–Trinajstić information content (AvgIpc) is 2.65. The van der Waals surface area contributed by atoms with Crippen LogP contribution in [0.4, 0.5) is 0 Å². The number of methoxy groups -OCH3 is 3. The zero-order chi connectivity index (χ0) is 18.4. The van der Waals surface area contributed by atoms with Crippen molar-refractivity contribution >= 4 is 11.0 Å². The lowest BCUT2D eigenvalue weighted by molar-refractivity contribution is 0.299. The van der Waals surface area contributed by atoms with Crippen LogP contribution in [0.1, 0.15) is 5.56 Å². The molecule has 7 heteroatoms. The number of ether oxygens (including phenoxy) is 4. The van der Waals surface area contributed by atoms with Crippen molar-refractivity contribution in [3.05, 3.63) is 40.2 Å². The molecule has 7 nitrogen and oxygen atoms in total. The van der Waals surface area contributed by atoms with Crippen LogP contribution < -0.4 is 24.6 Å². The van der Waals surface area contributed by atoms with Gasteiger partial charge in [-0.05, 0) is 12.1 Å². The van der Waals surface area contributed by atoms with Crippen LogP contribution >= 0.6 is 0 Å². The van der Waals surface area contributed by atoms with Crippen LogP contribution in [0, 0.1) is 0 Å². The molecule has 0 spiro atoms. The molecule has 0 saturated heterocycles. The van der Waals surface area contributed by atoms with Gasteiger partial charge in [0.15, 0.2) is 11.5 Å². The van der Waals surface area contributed by atoms with E-state index in [2.05, 4.69) is 0 Å². The van der Waals surface area contributed by atoms with E-state index < -0.39 is 5.63 Å². The maximum absolute atomic E-state index is 12.7. The topological polar surface area (TPSA) is 87.4 Å². The molecule has 4 rings (SSSR count). The highest BCUT2D eigenvalue weighted by molar-refractivity contribution is 5.97. The molecular formula is C19H16O7. The third-order valence-electron chi connectivity index (χ3n) is 4.40. The quantitative estimate of drug-likeness (QED) is 0.722. The van der Waals surface area contributed by atoms with Crippen molar-refractivity contribution in [3.63, 3.8) is 0 Å². The van der Waals surface area contributed by atoms with Gasteiger partial charge in [-0.25, -0.2) is 4.79 Å². The molecule has 1 N–H and O–H groups in total. The largest absolute Gasteiger partial charge is 0.504 e. The summed E-state index contributed by atoms with van der Waals surface area (Å²) in [7, 11) is 4.48. The number of aromatic hydroxyl groups is 1. The summed E-state index contributed by atoms with van der Waals surface area (Å²) in [4.78, 5) is 12.7. The van der Waals surface area contributed by atoms with Gasteiger partial charge in [0, 0.05) is 23.3 Å². The van der Waals surface area contributed by atoms with Gasteiger partial charge in [-0.2, -0.15) is 0 Å². The van der Waals surface area contributed by atoms with Crippen molar-refractivity contribution in [1.82, 2.24) is 0 Å². The molecule has 0 fully saturated rings. The first kappa shape index (κ1) is 16.1. The SMILES string of the molecule is COc1cc(OC)c2c3c(c(=O)oc2c1)-c1cc(O)c(OC)cc1CO3. The molecule has 1 aliphatic heterocycles. The molecule has 0 aliphatic carbocycles. The van der Waals surface area contributed by atoms with E-state index in [0.29, 0.717) is 45.1 Å². The van der Waals surface area contributed by atoms with Gasteiger partial charge in [0.05, 0.1) is 21.3 Å². The second kappa shape index (κ2) is 5.87. The van der Waals surface area contributed by atoms with Crippen molar-refractivity contribution in [2.45, 2.75) is 6.61 Å². The lowest BCUT2D eigenvalue weighted by Crippen LogP contribution is -2.14. The highest BCUT2D eigenvalue weighted by atomic mass is 16.5. The standard InChI is InChI=1S/C19H16O7/c1-22-10-5-14(24-3)17-15(6-10)26-19(21)16-11-7-12(20)13(23-2)4-9(11)8-25-18(16)17/h4-7,20H,8H2,1-3H3. The number of phenols is 1. The van der Waals surface area contributed by atoms with E-state index in [0.717, 1.165) is 0 Å². The van der Waals surface area contributed by atoms with E-state index in [4.69, 9.17) is 23.4 Å². The zero-order valence-electron chi connectivity index (χ0n) is 14.4. The lowest BCUT2D eigenvalue weighted by Gasteiger charge is -2.22. The van der Waals surface area contributed by atoms with Crippen LogP contribution in [0.15, 0.2) is 33.5 Å². The zero-order valence-corrected chi connectivity index (χ0v) is 14.4. The molecule has 2 heterocycles. The first-order chi connectivity index (χ1) is 12.6. The molecule has 0 saturated carbocycles. The Morgan fingerprint density at radius 1 is 1.00 bits per heavy atom. The number of fused-ring (bicyclic) bond motifs is 5. The Hall–Kier alpha value is -3.35. The van der Waals surface area contributed by atoms with Gasteiger partial charge in [-0.3, -0.25) is 0 Å². The summed E-state index contributed by atoms with van der Waals surface area (Å²) in [6.07, 6.45) is 0. The van der Waals surface area contributed by atoms with Crippen LogP contribution in [0.5, 0.6) is 28.7 Å². The molecule has 0 radical (unpaired) electrons. The van der Waals surface area contributed by atoms with E-state index in [1.165, 1.54) is 27.4 Å². The van der Waals surface area contributed by atoms with Gasteiger partial charge < -0.3 is 28.5 Å². The Morgan fingerprint density at radius 3 is 2.46 bits per heavy atom. The highest BCUT2D eigenvalue weighted by Crippen LogP contribution is 2.46. The van der Waals surface area contributed by atoms with E-state index in [1.807, 2.05) is 0 Å². The third-order valence-corrected chi connectivity index (χ3v) is 4.40. The summed E-state index contributed by atoms with van der Waals surface area (Å²) in [6.45, 7) is 0.215. The number of hydrogen-bond donors (Lipinski definition) is 1. The maximum Gasteiger partial charge on any atom is 0.348 e. The van der Waals surface area contributed by atoms with E-state index in [1.54, 1.807) is 18.2 Å². The van der Waals surface area contributed by atoms with E-state index in [-0.39, 0.29) is 17.9 Å². The van der Waals surface area contributed by atoms with Crippen LogP contribution in [0.2, 0.25) is 0 Å². The summed E-state index contributed by atoms with van der Waals surface area (Å²) < 4.78 is 27.1. The van der Waals surface area contributed by atoms with E-state index in [9.17, 15) is 9.90 Å². The Balaban J connectivity index is 2.08. The lowest BCUT2D eigenvalue weighted by atomic mass is 9.96. The molecule has 134 valence electrons. The van der Waals surface area contributed by atoms with Crippen molar-refractivity contribution in [2.75, 3.05) is 21.3 Å². The van der Waals surface area contributed by atoms with E-state index >= 15 is 0 Å². The minimum absolute atomic E-state index is 0.0692. The summed E-state index contributed by atoms with van der Waals surface area (Å²) in [5.74, 6) is 1.55. The van der Waals surface area contributed by atoms with Crippen molar-refractivity contribution < 1.29 is 28.5 Å². The fourth-order valence-electron chi connectivity index (χ4n) is 3.17. The van der Waals surface area contributed by atoms with Gasteiger partial charge in [0.2, 0.25) is 0 Å². The maximum atomic E-state index is 12.7. The van der Waals surface area contributed by atoms with Crippen molar-refractivity contribution in [3.8, 4) is 39.9 Å². The Morgan fingerprint density at radius 2 is 1.77 bits per heavy atom. The molecule has 0 bridgehead atoms. The molecule has 2 aromatic carbocycles. The van der Waals surface area contributed by atoms with Crippen molar-refractivity contribution in [2.24, 2.45) is 0 Å². The summed E-state index contributed by atoms with van der Waals surface area (Å²) in [6, 6.07) is 6.41. The minimum atomic E-state index is -0.576. The summed E-state index contributed by atoms with van der Waals surface area (Å²) in [5, 5.41) is 10.7. The fourth-order valence-corrected chi connectivity index (χ4v) is 3.17. The Labute approximate surface area is 148 Å². The molecule has 0 atom stereocenters. The third kappa shape index (κ3) is 2.24. The first-order valence-electron chi connectivity index (χ1n) is 7.83. The number of phenolic OH excluding ortho intramolecular Hbond substituents is 1. The predicted octanol–water partition coefficient (Wildman–Crippen LogP) is 3.08. The molecule has 0 amide bonds. The summed E-state index contributed by atoms with van der Waals surface area (Å²) in [5.41, 5.74) is 1.21. The second-order valence-corrected chi connectivity index (χ2v) is 5.77. The number of benzene rings is 2. The van der Waals surface area contributed by atoms with Crippen LogP contribution in [-0.4, -0.2) is 26.4 Å². The van der Waals surface area contributed by atoms with Crippen LogP contribution in [-0.2, 0) is 6.61 Å². The van der Waals surface area contributed by atoms with Gasteiger partial charge >= 0.3 is 5.63 Å². The van der Waals surface area contributed by atoms with Gasteiger partial charge in [-0.1, -0.05) is 0 Å². The number of hydrogen-bond acceptors (Lipinski definition) is 7. The first-order valence-corrected chi connectivity index (χ1v) is 7.83. The Bertz CT molecular complexity index is 1080. The normalized spacial score (nSPS) is 12.1. The highest BCUT2D eigenvalue weighted by Gasteiger charge is 2.28.